The number of anilines is 1. The Morgan fingerprint density at radius 1 is 1.19 bits per heavy atom. The lowest BCUT2D eigenvalue weighted by atomic mass is 10.2. The molecule has 0 bridgehead atoms. The monoisotopic (exact) mass is 466 g/mol. The van der Waals surface area contributed by atoms with Crippen LogP contribution in [-0.2, 0) is 16.0 Å². The molecule has 32 heavy (non-hydrogen) atoms. The van der Waals surface area contributed by atoms with E-state index in [1.165, 1.54) is 16.2 Å². The summed E-state index contributed by atoms with van der Waals surface area (Å²) in [6.45, 7) is 1.82. The summed E-state index contributed by atoms with van der Waals surface area (Å²) in [7, 11) is 0. The molecule has 3 rings (SSSR count). The minimum Gasteiger partial charge on any atom is -0.339 e. The van der Waals surface area contributed by atoms with Crippen molar-refractivity contribution in [1.82, 2.24) is 15.0 Å². The molecule has 170 valence electrons. The minimum atomic E-state index is -1.67. The molecule has 0 atom stereocenters. The lowest BCUT2D eigenvalue weighted by Crippen LogP contribution is -2.38. The van der Waals surface area contributed by atoms with E-state index in [0.29, 0.717) is 43.6 Å². The lowest BCUT2D eigenvalue weighted by Gasteiger charge is -2.21. The Bertz CT molecular complexity index is 1070. The van der Waals surface area contributed by atoms with Crippen molar-refractivity contribution < 1.29 is 27.3 Å². The van der Waals surface area contributed by atoms with E-state index in [0.717, 1.165) is 10.9 Å². The van der Waals surface area contributed by atoms with E-state index < -0.39 is 29.0 Å². The second-order valence-corrected chi connectivity index (χ2v) is 7.88. The molecule has 0 saturated heterocycles. The number of aryl methyl sites for hydroxylation is 1. The quantitative estimate of drug-likeness (QED) is 0.447. The molecule has 0 aliphatic rings. The van der Waals surface area contributed by atoms with Gasteiger partial charge in [-0.1, -0.05) is 18.1 Å². The zero-order chi connectivity index (χ0) is 23.1. The van der Waals surface area contributed by atoms with Gasteiger partial charge in [0.05, 0.1) is 17.1 Å². The fraction of sp³-hybridized carbons (Fsp3) is 0.333. The van der Waals surface area contributed by atoms with E-state index >= 15 is 0 Å². The van der Waals surface area contributed by atoms with Crippen LogP contribution in [0.3, 0.4) is 0 Å². The van der Waals surface area contributed by atoms with Crippen LogP contribution in [0.4, 0.5) is 18.9 Å². The summed E-state index contributed by atoms with van der Waals surface area (Å²) in [5, 5.41) is 7.99. The van der Waals surface area contributed by atoms with Crippen molar-refractivity contribution in [2.45, 2.75) is 32.6 Å². The largest absolute Gasteiger partial charge is 0.339 e. The predicted molar refractivity (Wildman–Crippen MR) is 112 cm³/mol. The number of hydrogen-bond donors (Lipinski definition) is 1. The van der Waals surface area contributed by atoms with E-state index in [2.05, 4.69) is 15.5 Å². The van der Waals surface area contributed by atoms with Crippen molar-refractivity contribution in [3.63, 3.8) is 0 Å². The van der Waals surface area contributed by atoms with Gasteiger partial charge in [0.1, 0.15) is 0 Å². The molecule has 0 aliphatic carbocycles. The van der Waals surface area contributed by atoms with Gasteiger partial charge in [-0.25, -0.2) is 13.2 Å². The Kier molecular flexibility index (Phi) is 7.98. The Labute approximate surface area is 186 Å². The zero-order valence-electron chi connectivity index (χ0n) is 17.2. The molecule has 2 aromatic heterocycles. The van der Waals surface area contributed by atoms with Crippen LogP contribution >= 0.6 is 11.3 Å². The summed E-state index contributed by atoms with van der Waals surface area (Å²) in [4.78, 5) is 31.3. The third-order valence-electron chi connectivity index (χ3n) is 4.48. The van der Waals surface area contributed by atoms with Crippen LogP contribution in [0.5, 0.6) is 0 Å². The van der Waals surface area contributed by atoms with Crippen LogP contribution in [0.1, 0.15) is 32.1 Å². The molecule has 11 heteroatoms. The molecule has 0 unspecified atom stereocenters. The highest BCUT2D eigenvalue weighted by molar-refractivity contribution is 7.13. The maximum absolute atomic E-state index is 13.8. The van der Waals surface area contributed by atoms with Gasteiger partial charge in [-0.2, -0.15) is 4.98 Å². The number of benzene rings is 1. The SMILES string of the molecule is CCCN(CC(=O)Nc1ccc(F)c(F)c1F)C(=O)CCCc1nc(-c2cccs2)no1. The molecule has 0 saturated carbocycles. The van der Waals surface area contributed by atoms with E-state index in [-0.39, 0.29) is 18.9 Å². The molecule has 3 aromatic rings. The first-order chi connectivity index (χ1) is 15.4. The molecule has 1 N–H and O–H groups in total. The summed E-state index contributed by atoms with van der Waals surface area (Å²) in [5.41, 5.74) is -0.490. The fourth-order valence-corrected chi connectivity index (χ4v) is 3.61. The Balaban J connectivity index is 1.51. The second kappa shape index (κ2) is 10.9. The number of halogens is 3. The van der Waals surface area contributed by atoms with Crippen molar-refractivity contribution >= 4 is 28.8 Å². The highest BCUT2D eigenvalue weighted by atomic mass is 32.1. The summed E-state index contributed by atoms with van der Waals surface area (Å²) < 4.78 is 45.3. The third kappa shape index (κ3) is 5.94. The van der Waals surface area contributed by atoms with Crippen LogP contribution in [0.25, 0.3) is 10.7 Å². The van der Waals surface area contributed by atoms with Crippen molar-refractivity contribution in [2.75, 3.05) is 18.4 Å². The highest BCUT2D eigenvalue weighted by Crippen LogP contribution is 2.22. The normalized spacial score (nSPS) is 10.9. The van der Waals surface area contributed by atoms with Gasteiger partial charge in [-0.15, -0.1) is 11.3 Å². The number of aromatic nitrogens is 2. The number of carbonyl (C=O) groups is 2. The van der Waals surface area contributed by atoms with Crippen molar-refractivity contribution in [1.29, 1.82) is 0 Å². The summed E-state index contributed by atoms with van der Waals surface area (Å²) in [6.07, 6.45) is 1.58. The molecule has 0 spiro atoms. The van der Waals surface area contributed by atoms with Crippen molar-refractivity contribution in [2.24, 2.45) is 0 Å². The standard InChI is InChI=1S/C21H21F3N4O3S/c1-2-10-28(12-16(29)25-14-9-8-13(22)19(23)20(14)24)18(30)7-3-6-17-26-21(27-31-17)15-5-4-11-32-15/h4-5,8-9,11H,2-3,6-7,10,12H2,1H3,(H,25,29). The number of nitrogens with zero attached hydrogens (tertiary/aromatic N) is 3. The molecule has 0 aliphatic heterocycles. The fourth-order valence-electron chi connectivity index (χ4n) is 2.96. The third-order valence-corrected chi connectivity index (χ3v) is 5.35. The number of hydrogen-bond acceptors (Lipinski definition) is 6. The first-order valence-corrected chi connectivity index (χ1v) is 10.8. The summed E-state index contributed by atoms with van der Waals surface area (Å²) >= 11 is 1.49. The van der Waals surface area contributed by atoms with Gasteiger partial charge in [0.15, 0.2) is 17.5 Å². The topological polar surface area (TPSA) is 88.3 Å². The van der Waals surface area contributed by atoms with Crippen molar-refractivity contribution in [3.8, 4) is 10.7 Å². The molecule has 2 heterocycles. The molecule has 1 aromatic carbocycles. The molecule has 7 nitrogen and oxygen atoms in total. The van der Waals surface area contributed by atoms with Gasteiger partial charge in [0.2, 0.25) is 23.5 Å². The summed E-state index contributed by atoms with van der Waals surface area (Å²) in [6, 6.07) is 5.40. The molecule has 0 radical (unpaired) electrons. The first kappa shape index (κ1) is 23.5. The number of thiophene rings is 1. The number of rotatable bonds is 10. The van der Waals surface area contributed by atoms with E-state index in [1.54, 1.807) is 0 Å². The first-order valence-electron chi connectivity index (χ1n) is 9.96. The van der Waals surface area contributed by atoms with Gasteiger partial charge >= 0.3 is 0 Å². The van der Waals surface area contributed by atoms with Crippen molar-refractivity contribution in [3.05, 3.63) is 53.0 Å². The average Bonchev–Trinajstić information content (AvgIpc) is 3.46. The maximum atomic E-state index is 13.8. The number of nitrogens with one attached hydrogen (secondary N) is 1. The van der Waals surface area contributed by atoms with E-state index in [9.17, 15) is 22.8 Å². The average molecular weight is 466 g/mol. The minimum absolute atomic E-state index is 0.142. The van der Waals surface area contributed by atoms with Gasteiger partial charge < -0.3 is 14.7 Å². The Morgan fingerprint density at radius 3 is 2.72 bits per heavy atom. The zero-order valence-corrected chi connectivity index (χ0v) is 18.1. The second-order valence-electron chi connectivity index (χ2n) is 6.93. The summed E-state index contributed by atoms with van der Waals surface area (Å²) in [5.74, 6) is -4.60. The van der Waals surface area contributed by atoms with Crippen LogP contribution in [0.15, 0.2) is 34.2 Å². The number of carbonyl (C=O) groups excluding carboxylic acids is 2. The van der Waals surface area contributed by atoms with E-state index in [4.69, 9.17) is 4.52 Å². The molecule has 2 amide bonds. The molecular weight excluding hydrogens is 445 g/mol. The van der Waals surface area contributed by atoms with Crippen LogP contribution < -0.4 is 5.32 Å². The molecular formula is C21H21F3N4O3S. The Morgan fingerprint density at radius 2 is 2.00 bits per heavy atom. The molecule has 0 fully saturated rings. The smallest absolute Gasteiger partial charge is 0.244 e. The Hall–Kier alpha value is -3.21. The highest BCUT2D eigenvalue weighted by Gasteiger charge is 2.20. The predicted octanol–water partition coefficient (Wildman–Crippen LogP) is 4.42. The van der Waals surface area contributed by atoms with Gasteiger partial charge in [0.25, 0.3) is 0 Å². The van der Waals surface area contributed by atoms with Crippen LogP contribution in [0.2, 0.25) is 0 Å². The van der Waals surface area contributed by atoms with E-state index in [1.807, 2.05) is 24.4 Å². The van der Waals surface area contributed by atoms with Gasteiger partial charge in [0, 0.05) is 19.4 Å². The lowest BCUT2D eigenvalue weighted by molar-refractivity contribution is -0.134. The van der Waals surface area contributed by atoms with Crippen LogP contribution in [0, 0.1) is 17.5 Å². The van der Waals surface area contributed by atoms with Crippen LogP contribution in [-0.4, -0.2) is 39.9 Å². The maximum Gasteiger partial charge on any atom is 0.244 e. The van der Waals surface area contributed by atoms with Gasteiger partial charge in [-0.05, 0) is 36.4 Å². The number of amides is 2. The van der Waals surface area contributed by atoms with Gasteiger partial charge in [-0.3, -0.25) is 9.59 Å².